The van der Waals surface area contributed by atoms with E-state index in [2.05, 4.69) is 11.5 Å². The second-order valence-electron chi connectivity index (χ2n) is 5.13. The molecule has 6 nitrogen and oxygen atoms in total. The van der Waals surface area contributed by atoms with E-state index >= 15 is 0 Å². The summed E-state index contributed by atoms with van der Waals surface area (Å²) >= 11 is 0. The number of hydrogen-bond donors (Lipinski definition) is 5. The van der Waals surface area contributed by atoms with Crippen molar-refractivity contribution < 1.29 is 20.1 Å². The highest BCUT2D eigenvalue weighted by molar-refractivity contribution is 5.85. The minimum Gasteiger partial charge on any atom is -0.396 e. The van der Waals surface area contributed by atoms with E-state index in [4.69, 9.17) is 20.1 Å². The van der Waals surface area contributed by atoms with Gasteiger partial charge in [0.2, 0.25) is 0 Å². The Kier molecular flexibility index (Phi) is 42.6. The van der Waals surface area contributed by atoms with Crippen LogP contribution in [0.5, 0.6) is 0 Å². The van der Waals surface area contributed by atoms with E-state index in [0.717, 1.165) is 0 Å². The van der Waals surface area contributed by atoms with Gasteiger partial charge in [0.15, 0.2) is 0 Å². The van der Waals surface area contributed by atoms with Crippen molar-refractivity contribution in [3.8, 4) is 0 Å². The zero-order chi connectivity index (χ0) is 16.4. The van der Waals surface area contributed by atoms with Crippen molar-refractivity contribution in [3.05, 3.63) is 0 Å². The summed E-state index contributed by atoms with van der Waals surface area (Å²) in [5.74, 6) is 1.32. The molecule has 0 aromatic rings. The number of rotatable bonds is 3. The minimum absolute atomic E-state index is 0. The van der Waals surface area contributed by atoms with Gasteiger partial charge in [-0.25, -0.2) is 4.79 Å². The number of halogens is 1. The summed E-state index contributed by atoms with van der Waals surface area (Å²) < 4.78 is 0. The van der Waals surface area contributed by atoms with Gasteiger partial charge in [0.25, 0.3) is 0 Å². The number of aliphatic hydroxyl groups excluding tert-OH is 3. The predicted molar refractivity (Wildman–Crippen MR) is 86.8 cm³/mol. The average Bonchev–Trinajstić information content (AvgIpc) is 2.29. The molecule has 0 atom stereocenters. The average molecular weight is 319 g/mol. The van der Waals surface area contributed by atoms with Crippen molar-refractivity contribution in [1.29, 1.82) is 0 Å². The van der Waals surface area contributed by atoms with Crippen LogP contribution in [0.3, 0.4) is 0 Å². The summed E-state index contributed by atoms with van der Waals surface area (Å²) in [6.07, 6.45) is 0. The van der Waals surface area contributed by atoms with E-state index in [9.17, 15) is 0 Å². The molecular formula is C13H35ClN2O4. The summed E-state index contributed by atoms with van der Waals surface area (Å²) in [4.78, 5) is 9.00. The van der Waals surface area contributed by atoms with Gasteiger partial charge in [-0.1, -0.05) is 41.5 Å². The number of carbonyl (C=O) groups is 1. The maximum Gasteiger partial charge on any atom is 0.309 e. The summed E-state index contributed by atoms with van der Waals surface area (Å²) in [6.45, 7) is 12.7. The van der Waals surface area contributed by atoms with Crippen molar-refractivity contribution in [3.63, 3.8) is 0 Å². The Morgan fingerprint density at radius 2 is 0.800 bits per heavy atom. The van der Waals surface area contributed by atoms with Gasteiger partial charge < -0.3 is 26.8 Å². The van der Waals surface area contributed by atoms with E-state index in [-0.39, 0.29) is 12.4 Å². The summed E-state index contributed by atoms with van der Waals surface area (Å²) in [7, 11) is 0. The first-order valence-corrected chi connectivity index (χ1v) is 6.42. The van der Waals surface area contributed by atoms with Crippen LogP contribution in [0.15, 0.2) is 0 Å². The number of urea groups is 1. The summed E-state index contributed by atoms with van der Waals surface area (Å²) in [5.41, 5.74) is 8.50. The topological polar surface area (TPSA) is 130 Å². The lowest BCUT2D eigenvalue weighted by molar-refractivity contribution is 0.248. The van der Waals surface area contributed by atoms with Crippen molar-refractivity contribution in [2.24, 2.45) is 29.2 Å². The third-order valence-electron chi connectivity index (χ3n) is 1.10. The first-order valence-electron chi connectivity index (χ1n) is 6.42. The third-order valence-corrected chi connectivity index (χ3v) is 1.10. The zero-order valence-electron chi connectivity index (χ0n) is 13.7. The monoisotopic (exact) mass is 318 g/mol. The number of primary amides is 2. The van der Waals surface area contributed by atoms with Crippen molar-refractivity contribution >= 4 is 18.4 Å². The molecule has 0 bridgehead atoms. The van der Waals surface area contributed by atoms with E-state index in [1.807, 2.05) is 41.5 Å². The van der Waals surface area contributed by atoms with Crippen LogP contribution in [0.4, 0.5) is 4.79 Å². The molecule has 0 heterocycles. The van der Waals surface area contributed by atoms with Crippen molar-refractivity contribution in [2.75, 3.05) is 19.8 Å². The maximum absolute atomic E-state index is 9.00. The predicted octanol–water partition coefficient (Wildman–Crippen LogP) is 1.35. The molecule has 128 valence electrons. The van der Waals surface area contributed by atoms with Crippen LogP contribution >= 0.6 is 12.4 Å². The zero-order valence-corrected chi connectivity index (χ0v) is 14.5. The molecule has 0 aromatic heterocycles. The largest absolute Gasteiger partial charge is 0.396 e. The highest BCUT2D eigenvalue weighted by Crippen LogP contribution is 1.84. The molecule has 0 aliphatic carbocycles. The van der Waals surface area contributed by atoms with Gasteiger partial charge in [0.1, 0.15) is 0 Å². The highest BCUT2D eigenvalue weighted by Gasteiger charge is 1.82. The number of amides is 2. The molecule has 0 saturated heterocycles. The fourth-order valence-corrected chi connectivity index (χ4v) is 0. The minimum atomic E-state index is -0.833. The van der Waals surface area contributed by atoms with E-state index in [1.54, 1.807) is 0 Å². The lowest BCUT2D eigenvalue weighted by Crippen LogP contribution is -2.18. The fraction of sp³-hybridized carbons (Fsp3) is 0.923. The molecule has 0 fully saturated rings. The summed E-state index contributed by atoms with van der Waals surface area (Å²) in [6, 6.07) is -0.833. The molecule has 0 aliphatic heterocycles. The van der Waals surface area contributed by atoms with Gasteiger partial charge >= 0.3 is 6.03 Å². The van der Waals surface area contributed by atoms with Crippen LogP contribution in [0, 0.1) is 17.8 Å². The highest BCUT2D eigenvalue weighted by atomic mass is 35.5. The van der Waals surface area contributed by atoms with Gasteiger partial charge in [-0.2, -0.15) is 0 Å². The molecule has 0 radical (unpaired) electrons. The lowest BCUT2D eigenvalue weighted by atomic mass is 10.2. The van der Waals surface area contributed by atoms with E-state index in [1.165, 1.54) is 0 Å². The fourth-order valence-electron chi connectivity index (χ4n) is 0. The van der Waals surface area contributed by atoms with Crippen LogP contribution in [0.25, 0.3) is 0 Å². The quantitative estimate of drug-likeness (QED) is 0.537. The first-order chi connectivity index (χ1) is 8.54. The Labute approximate surface area is 130 Å². The lowest BCUT2D eigenvalue weighted by Gasteiger charge is -1.90. The molecule has 0 aliphatic rings. The Bertz CT molecular complexity index is 145. The molecule has 0 saturated carbocycles. The first kappa shape index (κ1) is 31.7. The van der Waals surface area contributed by atoms with Gasteiger partial charge in [-0.15, -0.1) is 12.4 Å². The molecule has 7 heteroatoms. The Balaban J connectivity index is -0.0000000494. The van der Waals surface area contributed by atoms with Crippen molar-refractivity contribution in [2.45, 2.75) is 41.5 Å². The molecule has 0 rings (SSSR count). The van der Waals surface area contributed by atoms with Crippen LogP contribution in [-0.2, 0) is 0 Å². The molecule has 0 aromatic carbocycles. The molecule has 2 amide bonds. The maximum atomic E-state index is 9.00. The second kappa shape index (κ2) is 26.9. The number of hydrogen-bond acceptors (Lipinski definition) is 4. The Hall–Kier alpha value is -0.560. The van der Waals surface area contributed by atoms with Crippen LogP contribution in [-0.4, -0.2) is 41.2 Å². The van der Waals surface area contributed by atoms with Crippen LogP contribution < -0.4 is 11.5 Å². The Morgan fingerprint density at radius 1 is 0.750 bits per heavy atom. The van der Waals surface area contributed by atoms with Gasteiger partial charge in [0.05, 0.1) is 0 Å². The van der Waals surface area contributed by atoms with E-state index in [0.29, 0.717) is 37.6 Å². The van der Waals surface area contributed by atoms with Gasteiger partial charge in [0, 0.05) is 19.8 Å². The smallest absolute Gasteiger partial charge is 0.309 e. The number of nitrogens with two attached hydrogens (primary N) is 2. The van der Waals surface area contributed by atoms with Crippen LogP contribution in [0.1, 0.15) is 41.5 Å². The summed E-state index contributed by atoms with van der Waals surface area (Å²) in [5, 5.41) is 24.4. The van der Waals surface area contributed by atoms with E-state index < -0.39 is 6.03 Å². The molecule has 20 heavy (non-hydrogen) atoms. The standard InChI is InChI=1S/3C4H10O.CH4N2O.ClH/c3*1-4(2)3-5;2-1(3)4;/h3*4-5H,3H2,1-2H3;(H4,2,3,4);1H. The van der Waals surface area contributed by atoms with Gasteiger partial charge in [-0.05, 0) is 17.8 Å². The molecule has 7 N–H and O–H groups in total. The second-order valence-corrected chi connectivity index (χ2v) is 5.13. The normalized spacial score (nSPS) is 8.40. The molecular weight excluding hydrogens is 284 g/mol. The molecule has 0 unspecified atom stereocenters. The number of aliphatic hydroxyl groups is 3. The third kappa shape index (κ3) is 159. The van der Waals surface area contributed by atoms with Gasteiger partial charge in [-0.3, -0.25) is 0 Å². The molecule has 0 spiro atoms. The Morgan fingerprint density at radius 3 is 0.800 bits per heavy atom. The SMILES string of the molecule is CC(C)CO.CC(C)CO.CC(C)CO.Cl.NC(N)=O. The van der Waals surface area contributed by atoms with Crippen LogP contribution in [0.2, 0.25) is 0 Å². The number of carbonyl (C=O) groups excluding carboxylic acids is 1. The van der Waals surface area contributed by atoms with Crippen molar-refractivity contribution in [1.82, 2.24) is 0 Å².